The summed E-state index contributed by atoms with van der Waals surface area (Å²) < 4.78 is 5.57. The number of nitrogens with zero attached hydrogens (tertiary/aromatic N) is 1. The first-order chi connectivity index (χ1) is 10.1. The molecule has 0 fully saturated rings. The van der Waals surface area contributed by atoms with E-state index >= 15 is 0 Å². The fraction of sp³-hybridized carbons (Fsp3) is 0.0714. The van der Waals surface area contributed by atoms with Crippen molar-refractivity contribution in [3.05, 3.63) is 51.5 Å². The molecule has 2 aromatic rings. The van der Waals surface area contributed by atoms with Crippen LogP contribution in [0.25, 0.3) is 0 Å². The van der Waals surface area contributed by atoms with E-state index in [-0.39, 0.29) is 15.6 Å². The Labute approximate surface area is 132 Å². The first-order valence-corrected chi connectivity index (χ1v) is 6.60. The average Bonchev–Trinajstić information content (AvgIpc) is 2.46. The van der Waals surface area contributed by atoms with E-state index in [4.69, 9.17) is 38.2 Å². The Kier molecular flexibility index (Phi) is 5.10. The van der Waals surface area contributed by atoms with Crippen molar-refractivity contribution >= 4 is 36.1 Å². The first kappa shape index (κ1) is 15.7. The van der Waals surface area contributed by atoms with Crippen LogP contribution in [0.15, 0.2) is 30.3 Å². The van der Waals surface area contributed by atoms with Crippen molar-refractivity contribution in [1.82, 2.24) is 0 Å². The highest BCUT2D eigenvalue weighted by Gasteiger charge is 2.10. The first-order valence-electron chi connectivity index (χ1n) is 5.84. The fourth-order valence-corrected chi connectivity index (χ4v) is 2.30. The minimum Gasteiger partial charge on any atom is -0.851 e. The van der Waals surface area contributed by atoms with Crippen LogP contribution in [0.3, 0.4) is 0 Å². The van der Waals surface area contributed by atoms with E-state index < -0.39 is 6.61 Å². The van der Waals surface area contributed by atoms with Crippen LogP contribution in [0.2, 0.25) is 10.0 Å². The summed E-state index contributed by atoms with van der Waals surface area (Å²) >= 11 is 11.9. The van der Waals surface area contributed by atoms with Gasteiger partial charge in [0, 0.05) is 12.1 Å². The molecule has 0 aromatic heterocycles. The molecule has 2 aromatic carbocycles. The van der Waals surface area contributed by atoms with Gasteiger partial charge in [-0.2, -0.15) is 5.26 Å². The summed E-state index contributed by atoms with van der Waals surface area (Å²) in [5.41, 5.74) is 1.02. The van der Waals surface area contributed by atoms with Crippen molar-refractivity contribution in [3.63, 3.8) is 0 Å². The molecule has 7 heteroatoms. The maximum atomic E-state index is 11.0. The summed E-state index contributed by atoms with van der Waals surface area (Å²) in [4.78, 5) is 0. The quantitative estimate of drug-likeness (QED) is 0.871. The lowest BCUT2D eigenvalue weighted by Crippen LogP contribution is -2.22. The number of ether oxygens (including phenoxy) is 1. The van der Waals surface area contributed by atoms with Crippen molar-refractivity contribution in [2.45, 2.75) is 6.61 Å². The van der Waals surface area contributed by atoms with Gasteiger partial charge in [-0.3, -0.25) is 0 Å². The van der Waals surface area contributed by atoms with Crippen LogP contribution in [-0.2, 0) is 6.61 Å². The molecule has 0 spiro atoms. The third-order valence-electron chi connectivity index (χ3n) is 2.77. The van der Waals surface area contributed by atoms with Gasteiger partial charge in [0.2, 0.25) is 0 Å². The molecule has 1 radical (unpaired) electrons. The Morgan fingerprint density at radius 3 is 2.38 bits per heavy atom. The monoisotopic (exact) mass is 319 g/mol. The van der Waals surface area contributed by atoms with Gasteiger partial charge in [-0.25, -0.2) is 0 Å². The van der Waals surface area contributed by atoms with E-state index in [1.165, 1.54) is 18.2 Å². The average molecular weight is 320 g/mol. The Balaban J connectivity index is 2.33. The predicted octanol–water partition coefficient (Wildman–Crippen LogP) is 1.75. The number of rotatable bonds is 4. The SMILES string of the molecule is N#Cc1c(Cl)cc(Oc2ccc([B]O)c(C[O-])c2)cc1Cl. The standard InChI is InChI=1S/C14H8BCl2NO3/c16-13-4-10(5-14(17)11(13)6-18)21-9-1-2-12(15-20)8(3-9)7-19/h1-5,20H,7H2/q-1. The van der Waals surface area contributed by atoms with Crippen LogP contribution in [0.5, 0.6) is 11.5 Å². The Bertz CT molecular complexity index is 693. The molecule has 0 amide bonds. The zero-order valence-electron chi connectivity index (χ0n) is 10.6. The van der Waals surface area contributed by atoms with E-state index in [9.17, 15) is 5.11 Å². The molecule has 0 saturated carbocycles. The normalized spacial score (nSPS) is 10.0. The molecular formula is C14H8BCl2NO3-. The summed E-state index contributed by atoms with van der Waals surface area (Å²) in [7, 11) is 0.868. The van der Waals surface area contributed by atoms with Crippen molar-refractivity contribution < 1.29 is 14.9 Å². The molecule has 2 rings (SSSR count). The predicted molar refractivity (Wildman–Crippen MR) is 79.0 cm³/mol. The molecule has 4 nitrogen and oxygen atoms in total. The summed E-state index contributed by atoms with van der Waals surface area (Å²) in [6, 6.07) is 9.52. The van der Waals surface area contributed by atoms with Crippen LogP contribution in [-0.4, -0.2) is 12.5 Å². The van der Waals surface area contributed by atoms with E-state index in [2.05, 4.69) is 0 Å². The summed E-state index contributed by atoms with van der Waals surface area (Å²) in [6.07, 6.45) is 0. The second kappa shape index (κ2) is 6.84. The lowest BCUT2D eigenvalue weighted by molar-refractivity contribution is -0.386. The molecule has 0 heterocycles. The Hall–Kier alpha value is -1.71. The van der Waals surface area contributed by atoms with E-state index in [0.29, 0.717) is 22.5 Å². The highest BCUT2D eigenvalue weighted by atomic mass is 35.5. The summed E-state index contributed by atoms with van der Waals surface area (Å²) in [6.45, 7) is -0.488. The molecule has 0 aliphatic rings. The lowest BCUT2D eigenvalue weighted by Gasteiger charge is -2.13. The molecule has 0 bridgehead atoms. The second-order valence-corrected chi connectivity index (χ2v) is 4.92. The maximum Gasteiger partial charge on any atom is 0.326 e. The van der Waals surface area contributed by atoms with Crippen LogP contribution in [0.4, 0.5) is 0 Å². The van der Waals surface area contributed by atoms with Crippen LogP contribution in [0.1, 0.15) is 11.1 Å². The van der Waals surface area contributed by atoms with E-state index in [0.717, 1.165) is 7.48 Å². The van der Waals surface area contributed by atoms with Gasteiger partial charge in [-0.15, -0.1) is 6.61 Å². The van der Waals surface area contributed by atoms with Crippen molar-refractivity contribution in [2.24, 2.45) is 0 Å². The molecule has 105 valence electrons. The molecular weight excluding hydrogens is 312 g/mol. The number of nitriles is 1. The van der Waals surface area contributed by atoms with Gasteiger partial charge in [-0.05, 0) is 12.1 Å². The lowest BCUT2D eigenvalue weighted by atomic mass is 9.84. The van der Waals surface area contributed by atoms with Crippen molar-refractivity contribution in [3.8, 4) is 17.6 Å². The number of halogens is 2. The van der Waals surface area contributed by atoms with Gasteiger partial charge in [0.25, 0.3) is 0 Å². The van der Waals surface area contributed by atoms with Crippen LogP contribution in [0, 0.1) is 11.3 Å². The minimum atomic E-state index is -0.488. The topological polar surface area (TPSA) is 76.3 Å². The third-order valence-corrected chi connectivity index (χ3v) is 3.37. The third kappa shape index (κ3) is 3.49. The molecule has 1 N–H and O–H groups in total. The van der Waals surface area contributed by atoms with Crippen LogP contribution < -0.4 is 15.3 Å². The molecule has 0 unspecified atom stereocenters. The molecule has 0 atom stereocenters. The zero-order chi connectivity index (χ0) is 15.4. The van der Waals surface area contributed by atoms with Gasteiger partial charge >= 0.3 is 7.48 Å². The van der Waals surface area contributed by atoms with Gasteiger partial charge in [-0.1, -0.05) is 40.3 Å². The smallest absolute Gasteiger partial charge is 0.326 e. The molecule has 0 saturated heterocycles. The number of benzene rings is 2. The maximum absolute atomic E-state index is 11.0. The zero-order valence-corrected chi connectivity index (χ0v) is 12.1. The molecule has 0 aliphatic heterocycles. The molecule has 0 aliphatic carbocycles. The van der Waals surface area contributed by atoms with Crippen molar-refractivity contribution in [2.75, 3.05) is 0 Å². The number of hydrogen-bond acceptors (Lipinski definition) is 4. The number of hydrogen-bond donors (Lipinski definition) is 1. The van der Waals surface area contributed by atoms with Gasteiger partial charge in [0.15, 0.2) is 0 Å². The van der Waals surface area contributed by atoms with Gasteiger partial charge < -0.3 is 14.9 Å². The van der Waals surface area contributed by atoms with Gasteiger partial charge in [0.1, 0.15) is 17.6 Å². The van der Waals surface area contributed by atoms with Crippen molar-refractivity contribution in [1.29, 1.82) is 5.26 Å². The van der Waals surface area contributed by atoms with E-state index in [1.54, 1.807) is 12.1 Å². The van der Waals surface area contributed by atoms with E-state index in [1.807, 2.05) is 6.07 Å². The highest BCUT2D eigenvalue weighted by Crippen LogP contribution is 2.32. The van der Waals surface area contributed by atoms with Gasteiger partial charge in [0.05, 0.1) is 15.6 Å². The van der Waals surface area contributed by atoms with Crippen LogP contribution >= 0.6 is 23.2 Å². The molecule has 21 heavy (non-hydrogen) atoms. The highest BCUT2D eigenvalue weighted by molar-refractivity contribution is 6.46. The second-order valence-electron chi connectivity index (χ2n) is 4.11. The summed E-state index contributed by atoms with van der Waals surface area (Å²) in [5.74, 6) is 0.755. The Morgan fingerprint density at radius 1 is 1.19 bits per heavy atom. The largest absolute Gasteiger partial charge is 0.851 e. The Morgan fingerprint density at radius 2 is 1.86 bits per heavy atom. The minimum absolute atomic E-state index is 0.177. The summed E-state index contributed by atoms with van der Waals surface area (Å²) in [5, 5.41) is 29.3. The fourth-order valence-electron chi connectivity index (χ4n) is 1.75.